The van der Waals surface area contributed by atoms with Crippen molar-refractivity contribution in [1.82, 2.24) is 19.7 Å². The molecule has 0 fully saturated rings. The van der Waals surface area contributed by atoms with E-state index >= 15 is 0 Å². The molecule has 1 aliphatic heterocycles. The summed E-state index contributed by atoms with van der Waals surface area (Å²) < 4.78 is 13.6. The van der Waals surface area contributed by atoms with Gasteiger partial charge in [-0.2, -0.15) is 0 Å². The van der Waals surface area contributed by atoms with Crippen LogP contribution in [0, 0.1) is 0 Å². The van der Waals surface area contributed by atoms with Crippen LogP contribution in [-0.4, -0.2) is 51.4 Å². The van der Waals surface area contributed by atoms with Crippen LogP contribution in [0.15, 0.2) is 65.9 Å². The van der Waals surface area contributed by atoms with Gasteiger partial charge in [-0.25, -0.2) is 0 Å². The van der Waals surface area contributed by atoms with Crippen LogP contribution in [-0.2, 0) is 6.54 Å². The second kappa shape index (κ2) is 9.70. The van der Waals surface area contributed by atoms with E-state index in [9.17, 15) is 0 Å². The molecule has 0 atom stereocenters. The summed E-state index contributed by atoms with van der Waals surface area (Å²) >= 11 is 0. The Bertz CT molecular complexity index is 928. The predicted octanol–water partition coefficient (Wildman–Crippen LogP) is 2.85. The largest absolute Gasteiger partial charge is 0.494 e. The number of rotatable bonds is 9. The molecule has 152 valence electrons. The molecule has 0 unspecified atom stereocenters. The van der Waals surface area contributed by atoms with Crippen molar-refractivity contribution >= 4 is 11.9 Å². The Labute approximate surface area is 170 Å². The fourth-order valence-electron chi connectivity index (χ4n) is 2.78. The van der Waals surface area contributed by atoms with E-state index in [1.807, 2.05) is 47.9 Å². The highest BCUT2D eigenvalue weighted by molar-refractivity contribution is 5.78. The third-order valence-corrected chi connectivity index (χ3v) is 4.21. The first-order chi connectivity index (χ1) is 14.2. The van der Waals surface area contributed by atoms with Gasteiger partial charge in [0.25, 0.3) is 0 Å². The number of aliphatic imine (C=N–C) groups is 1. The molecule has 29 heavy (non-hydrogen) atoms. The van der Waals surface area contributed by atoms with Crippen LogP contribution in [0.4, 0.5) is 0 Å². The minimum Gasteiger partial charge on any atom is -0.494 e. The Kier molecular flexibility index (Phi) is 6.80. The summed E-state index contributed by atoms with van der Waals surface area (Å²) in [7, 11) is 1.69. The van der Waals surface area contributed by atoms with Crippen LogP contribution >= 0.6 is 0 Å². The number of nitrogens with zero attached hydrogens (tertiary/aromatic N) is 5. The van der Waals surface area contributed by atoms with Gasteiger partial charge < -0.3 is 19.1 Å². The number of aliphatic hydroxyl groups excluding tert-OH is 1. The average molecular weight is 395 g/mol. The summed E-state index contributed by atoms with van der Waals surface area (Å²) in [6, 6.07) is 7.30. The smallest absolute Gasteiger partial charge is 0.206 e. The van der Waals surface area contributed by atoms with Crippen LogP contribution in [0.25, 0.3) is 5.57 Å². The molecule has 2 aromatic rings. The van der Waals surface area contributed by atoms with Crippen LogP contribution in [0.5, 0.6) is 11.5 Å². The number of hydrogen-bond donors (Lipinski definition) is 1. The number of ether oxygens (including phenoxy) is 2. The molecule has 1 aliphatic rings. The molecule has 1 N–H and O–H groups in total. The van der Waals surface area contributed by atoms with Gasteiger partial charge in [-0.05, 0) is 37.3 Å². The number of aryl methyl sites for hydroxylation is 1. The molecule has 8 nitrogen and oxygen atoms in total. The zero-order valence-electron chi connectivity index (χ0n) is 16.7. The number of allylic oxidation sites excluding steroid dienone is 3. The van der Waals surface area contributed by atoms with Gasteiger partial charge in [0.15, 0.2) is 5.82 Å². The van der Waals surface area contributed by atoms with Gasteiger partial charge in [-0.15, -0.1) is 10.2 Å². The molecule has 0 aliphatic carbocycles. The first-order valence-electron chi connectivity index (χ1n) is 9.39. The van der Waals surface area contributed by atoms with Crippen molar-refractivity contribution < 1.29 is 14.6 Å². The Hall–Kier alpha value is -3.39. The van der Waals surface area contributed by atoms with Gasteiger partial charge in [-0.3, -0.25) is 9.89 Å². The Morgan fingerprint density at radius 1 is 1.21 bits per heavy atom. The number of hydrogen-bond acceptors (Lipinski definition) is 6. The topological polar surface area (TPSA) is 85.0 Å². The van der Waals surface area contributed by atoms with Crippen molar-refractivity contribution in [3.05, 3.63) is 66.7 Å². The normalized spacial score (nSPS) is 14.2. The van der Waals surface area contributed by atoms with Gasteiger partial charge in [0, 0.05) is 44.0 Å². The molecule has 3 rings (SSSR count). The SMILES string of the molecule is C=C1C=C(c2nncn2CC)C=C(Oc2ccc(OCCCO)cc2)N1C=NC. The van der Waals surface area contributed by atoms with E-state index in [0.29, 0.717) is 30.4 Å². The minimum absolute atomic E-state index is 0.107. The summed E-state index contributed by atoms with van der Waals surface area (Å²) in [5.74, 6) is 2.66. The fourth-order valence-corrected chi connectivity index (χ4v) is 2.78. The summed E-state index contributed by atoms with van der Waals surface area (Å²) in [4.78, 5) is 5.86. The minimum atomic E-state index is 0.107. The van der Waals surface area contributed by atoms with Crippen LogP contribution < -0.4 is 9.47 Å². The van der Waals surface area contributed by atoms with Crippen molar-refractivity contribution in [3.8, 4) is 11.5 Å². The van der Waals surface area contributed by atoms with E-state index in [1.165, 1.54) is 0 Å². The molecule has 0 radical (unpaired) electrons. The molecule has 0 saturated heterocycles. The number of aromatic nitrogens is 3. The Balaban J connectivity index is 1.83. The summed E-state index contributed by atoms with van der Waals surface area (Å²) in [6.45, 7) is 7.48. The summed E-state index contributed by atoms with van der Waals surface area (Å²) in [6.07, 6.45) is 7.75. The second-order valence-electron chi connectivity index (χ2n) is 6.26. The summed E-state index contributed by atoms with van der Waals surface area (Å²) in [5, 5.41) is 17.1. The van der Waals surface area contributed by atoms with Gasteiger partial charge >= 0.3 is 0 Å². The van der Waals surface area contributed by atoms with Crippen molar-refractivity contribution in [3.63, 3.8) is 0 Å². The molecule has 1 aromatic heterocycles. The maximum absolute atomic E-state index is 8.84. The first kappa shape index (κ1) is 20.3. The van der Waals surface area contributed by atoms with E-state index < -0.39 is 0 Å². The zero-order valence-corrected chi connectivity index (χ0v) is 16.7. The molecular weight excluding hydrogens is 370 g/mol. The molecule has 0 bridgehead atoms. The third kappa shape index (κ3) is 4.91. The average Bonchev–Trinajstić information content (AvgIpc) is 3.21. The highest BCUT2D eigenvalue weighted by Crippen LogP contribution is 2.29. The fraction of sp³-hybridized carbons (Fsp3) is 0.286. The van der Waals surface area contributed by atoms with Crippen molar-refractivity contribution in [2.45, 2.75) is 19.9 Å². The van der Waals surface area contributed by atoms with E-state index in [2.05, 4.69) is 21.8 Å². The van der Waals surface area contributed by atoms with Crippen molar-refractivity contribution in [1.29, 1.82) is 0 Å². The first-order valence-corrected chi connectivity index (χ1v) is 9.39. The molecular formula is C21H25N5O3. The number of aliphatic hydroxyl groups is 1. The molecule has 0 spiro atoms. The molecule has 2 heterocycles. The van der Waals surface area contributed by atoms with E-state index in [4.69, 9.17) is 14.6 Å². The zero-order chi connectivity index (χ0) is 20.6. The van der Waals surface area contributed by atoms with E-state index in [0.717, 1.165) is 23.7 Å². The second-order valence-corrected chi connectivity index (χ2v) is 6.26. The standard InChI is InChI=1S/C21H25N5O3/c1-4-25-15-23-24-21(25)17-12-16(2)26(14-22-3)20(13-17)29-19-8-6-18(7-9-19)28-11-5-10-27/h6-9,12-15,27H,2,4-5,10-11H2,1,3H3. The molecule has 0 amide bonds. The van der Waals surface area contributed by atoms with Gasteiger partial charge in [0.1, 0.15) is 17.8 Å². The van der Waals surface area contributed by atoms with E-state index in [-0.39, 0.29) is 6.61 Å². The maximum atomic E-state index is 8.84. The monoisotopic (exact) mass is 395 g/mol. The number of benzene rings is 1. The highest BCUT2D eigenvalue weighted by Gasteiger charge is 2.21. The molecule has 8 heteroatoms. The Morgan fingerprint density at radius 2 is 1.97 bits per heavy atom. The van der Waals surface area contributed by atoms with Crippen LogP contribution in [0.3, 0.4) is 0 Å². The predicted molar refractivity (Wildman–Crippen MR) is 111 cm³/mol. The highest BCUT2D eigenvalue weighted by atomic mass is 16.5. The van der Waals surface area contributed by atoms with Crippen LogP contribution in [0.2, 0.25) is 0 Å². The lowest BCUT2D eigenvalue weighted by Crippen LogP contribution is -2.26. The van der Waals surface area contributed by atoms with Gasteiger partial charge in [0.05, 0.1) is 12.9 Å². The lowest BCUT2D eigenvalue weighted by molar-refractivity contribution is 0.233. The van der Waals surface area contributed by atoms with Crippen molar-refractivity contribution in [2.75, 3.05) is 20.3 Å². The Morgan fingerprint density at radius 3 is 2.66 bits per heavy atom. The maximum Gasteiger partial charge on any atom is 0.206 e. The van der Waals surface area contributed by atoms with Crippen molar-refractivity contribution in [2.24, 2.45) is 4.99 Å². The quantitative estimate of drug-likeness (QED) is 0.399. The summed E-state index contributed by atoms with van der Waals surface area (Å²) in [5.41, 5.74) is 1.56. The van der Waals surface area contributed by atoms with Gasteiger partial charge in [-0.1, -0.05) is 6.58 Å². The van der Waals surface area contributed by atoms with E-state index in [1.54, 1.807) is 24.6 Å². The third-order valence-electron chi connectivity index (χ3n) is 4.21. The molecule has 0 saturated carbocycles. The lowest BCUT2D eigenvalue weighted by Gasteiger charge is -2.27. The van der Waals surface area contributed by atoms with Gasteiger partial charge in [0.2, 0.25) is 5.88 Å². The molecule has 1 aromatic carbocycles. The lowest BCUT2D eigenvalue weighted by atomic mass is 10.1. The van der Waals surface area contributed by atoms with Crippen LogP contribution in [0.1, 0.15) is 19.2 Å².